The van der Waals surface area contributed by atoms with Gasteiger partial charge in [-0.05, 0) is 30.3 Å². The Morgan fingerprint density at radius 2 is 2.00 bits per heavy atom. The molecule has 0 fully saturated rings. The zero-order chi connectivity index (χ0) is 14.2. The van der Waals surface area contributed by atoms with Crippen LogP contribution in [0.15, 0.2) is 57.8 Å². The molecule has 0 N–H and O–H groups in total. The summed E-state index contributed by atoms with van der Waals surface area (Å²) < 4.78 is 0. The van der Waals surface area contributed by atoms with Crippen molar-refractivity contribution in [2.45, 2.75) is 9.92 Å². The van der Waals surface area contributed by atoms with E-state index in [1.165, 1.54) is 18.1 Å². The molecule has 0 unspecified atom stereocenters. The molecule has 6 heteroatoms. The first-order valence-electron chi connectivity index (χ1n) is 6.28. The molecule has 21 heavy (non-hydrogen) atoms. The molecule has 0 spiro atoms. The molecule has 1 aliphatic heterocycles. The fraction of sp³-hybridized carbons (Fsp3) is 0. The summed E-state index contributed by atoms with van der Waals surface area (Å²) in [6.45, 7) is 0. The highest BCUT2D eigenvalue weighted by Crippen LogP contribution is 2.29. The van der Waals surface area contributed by atoms with Gasteiger partial charge in [0.05, 0.1) is 10.7 Å². The van der Waals surface area contributed by atoms with Gasteiger partial charge in [0.1, 0.15) is 11.4 Å². The van der Waals surface area contributed by atoms with Crippen LogP contribution < -0.4 is 10.6 Å². The molecule has 4 rings (SSSR count). The van der Waals surface area contributed by atoms with E-state index in [-0.39, 0.29) is 5.91 Å². The summed E-state index contributed by atoms with van der Waals surface area (Å²) in [6.07, 6.45) is 4.76. The molecule has 1 aromatic carbocycles. The number of hydrogen-bond donors (Lipinski definition) is 0. The lowest BCUT2D eigenvalue weighted by atomic mass is 10.3. The predicted molar refractivity (Wildman–Crippen MR) is 78.2 cm³/mol. The summed E-state index contributed by atoms with van der Waals surface area (Å²) in [5.41, 5.74) is 0.674. The first-order valence-corrected chi connectivity index (χ1v) is 7.09. The van der Waals surface area contributed by atoms with Gasteiger partial charge in [-0.25, -0.2) is 19.9 Å². The molecule has 2 aromatic heterocycles. The van der Waals surface area contributed by atoms with Crippen LogP contribution in [0.4, 0.5) is 0 Å². The van der Waals surface area contributed by atoms with Gasteiger partial charge in [-0.1, -0.05) is 11.8 Å². The third kappa shape index (κ3) is 2.19. The maximum Gasteiger partial charge on any atom is 0.270 e. The second-order valence-corrected chi connectivity index (χ2v) is 5.53. The molecule has 3 aromatic rings. The SMILES string of the molecule is O=C1C=c2cc(Sc3ncnc4ncccc34)ccc2=N1. The normalized spacial score (nSPS) is 12.9. The van der Waals surface area contributed by atoms with Crippen LogP contribution in [-0.2, 0) is 4.79 Å². The molecule has 3 heterocycles. The lowest BCUT2D eigenvalue weighted by molar-refractivity contribution is -0.112. The van der Waals surface area contributed by atoms with Crippen LogP contribution in [0.3, 0.4) is 0 Å². The van der Waals surface area contributed by atoms with Crippen LogP contribution in [-0.4, -0.2) is 20.9 Å². The number of benzene rings is 1. The van der Waals surface area contributed by atoms with Gasteiger partial charge in [0, 0.05) is 22.4 Å². The summed E-state index contributed by atoms with van der Waals surface area (Å²) in [4.78, 5) is 28.9. The zero-order valence-electron chi connectivity index (χ0n) is 10.7. The highest BCUT2D eigenvalue weighted by molar-refractivity contribution is 7.99. The average molecular weight is 292 g/mol. The van der Waals surface area contributed by atoms with Gasteiger partial charge in [0.15, 0.2) is 5.65 Å². The van der Waals surface area contributed by atoms with Gasteiger partial charge in [-0.3, -0.25) is 4.79 Å². The fourth-order valence-corrected chi connectivity index (χ4v) is 3.08. The summed E-state index contributed by atoms with van der Waals surface area (Å²) >= 11 is 1.52. The number of carbonyl (C=O) groups excluding carboxylic acids is 1. The second-order valence-electron chi connectivity index (χ2n) is 4.47. The average Bonchev–Trinajstić information content (AvgIpc) is 2.87. The first-order chi connectivity index (χ1) is 10.3. The van der Waals surface area contributed by atoms with E-state index in [2.05, 4.69) is 19.9 Å². The summed E-state index contributed by atoms with van der Waals surface area (Å²) in [5, 5.41) is 3.32. The van der Waals surface area contributed by atoms with E-state index in [1.807, 2.05) is 30.3 Å². The number of carbonyl (C=O) groups is 1. The molecule has 100 valence electrons. The van der Waals surface area contributed by atoms with Crippen molar-refractivity contribution in [3.8, 4) is 0 Å². The molecular weight excluding hydrogens is 284 g/mol. The van der Waals surface area contributed by atoms with Crippen LogP contribution in [0.25, 0.3) is 17.1 Å². The Bertz CT molecular complexity index is 995. The first kappa shape index (κ1) is 12.2. The van der Waals surface area contributed by atoms with Crippen LogP contribution in [0.5, 0.6) is 0 Å². The molecule has 0 radical (unpaired) electrons. The maximum atomic E-state index is 11.3. The largest absolute Gasteiger partial charge is 0.270 e. The van der Waals surface area contributed by atoms with Crippen molar-refractivity contribution in [2.24, 2.45) is 4.99 Å². The Morgan fingerprint density at radius 3 is 2.95 bits per heavy atom. The molecule has 1 amide bonds. The van der Waals surface area contributed by atoms with Crippen molar-refractivity contribution in [3.63, 3.8) is 0 Å². The molecular formula is C15H8N4OS. The van der Waals surface area contributed by atoms with Crippen LogP contribution >= 0.6 is 11.8 Å². The number of hydrogen-bond acceptors (Lipinski definition) is 5. The van der Waals surface area contributed by atoms with Crippen LogP contribution in [0, 0.1) is 0 Å². The molecule has 5 nitrogen and oxygen atoms in total. The lowest BCUT2D eigenvalue weighted by Gasteiger charge is -2.03. The van der Waals surface area contributed by atoms with Gasteiger partial charge in [-0.2, -0.15) is 0 Å². The van der Waals surface area contributed by atoms with Gasteiger partial charge >= 0.3 is 0 Å². The number of aromatic nitrogens is 3. The molecule has 0 saturated heterocycles. The zero-order valence-corrected chi connectivity index (χ0v) is 11.5. The summed E-state index contributed by atoms with van der Waals surface area (Å²) in [6, 6.07) is 9.54. The smallest absolute Gasteiger partial charge is 0.267 e. The summed E-state index contributed by atoms with van der Waals surface area (Å²) in [7, 11) is 0. The Morgan fingerprint density at radius 1 is 1.05 bits per heavy atom. The van der Waals surface area contributed by atoms with Crippen molar-refractivity contribution >= 4 is 34.8 Å². The van der Waals surface area contributed by atoms with Crippen LogP contribution in [0.2, 0.25) is 0 Å². The number of rotatable bonds is 2. The minimum Gasteiger partial charge on any atom is -0.267 e. The molecule has 0 aliphatic carbocycles. The third-order valence-corrected chi connectivity index (χ3v) is 4.10. The van der Waals surface area contributed by atoms with Gasteiger partial charge in [0.25, 0.3) is 5.91 Å². The van der Waals surface area contributed by atoms with E-state index >= 15 is 0 Å². The second kappa shape index (κ2) is 4.75. The van der Waals surface area contributed by atoms with Crippen molar-refractivity contribution in [1.29, 1.82) is 0 Å². The Balaban J connectivity index is 1.80. The van der Waals surface area contributed by atoms with Gasteiger partial charge in [0.2, 0.25) is 0 Å². The number of pyridine rings is 1. The van der Waals surface area contributed by atoms with Crippen molar-refractivity contribution < 1.29 is 4.79 Å². The van der Waals surface area contributed by atoms with Gasteiger partial charge in [-0.15, -0.1) is 0 Å². The minimum atomic E-state index is -0.205. The highest BCUT2D eigenvalue weighted by atomic mass is 32.2. The molecule has 1 aliphatic rings. The third-order valence-electron chi connectivity index (χ3n) is 3.10. The number of nitrogens with zero attached hydrogens (tertiary/aromatic N) is 4. The quantitative estimate of drug-likeness (QED) is 0.662. The highest BCUT2D eigenvalue weighted by Gasteiger charge is 2.08. The van der Waals surface area contributed by atoms with Crippen molar-refractivity contribution in [1.82, 2.24) is 15.0 Å². The van der Waals surface area contributed by atoms with E-state index in [9.17, 15) is 4.79 Å². The Labute approximate surface area is 123 Å². The van der Waals surface area contributed by atoms with E-state index in [1.54, 1.807) is 12.3 Å². The Hall–Kier alpha value is -2.60. The van der Waals surface area contributed by atoms with E-state index in [0.717, 1.165) is 25.9 Å². The lowest BCUT2D eigenvalue weighted by Crippen LogP contribution is -2.20. The molecule has 0 bridgehead atoms. The van der Waals surface area contributed by atoms with E-state index in [0.29, 0.717) is 5.65 Å². The number of fused-ring (bicyclic) bond motifs is 2. The monoisotopic (exact) mass is 292 g/mol. The standard InChI is InChI=1S/C15H8N4OS/c20-13-7-9-6-10(3-4-12(9)19-13)21-15-11-2-1-5-16-14(11)17-8-18-15/h1-8H. The summed E-state index contributed by atoms with van der Waals surface area (Å²) in [5.74, 6) is -0.205. The minimum absolute atomic E-state index is 0.205. The van der Waals surface area contributed by atoms with Crippen LogP contribution in [0.1, 0.15) is 0 Å². The van der Waals surface area contributed by atoms with E-state index in [4.69, 9.17) is 0 Å². The maximum absolute atomic E-state index is 11.3. The fourth-order valence-electron chi connectivity index (χ4n) is 2.16. The topological polar surface area (TPSA) is 68.1 Å². The number of amides is 1. The van der Waals surface area contributed by atoms with Crippen molar-refractivity contribution in [2.75, 3.05) is 0 Å². The van der Waals surface area contributed by atoms with Crippen molar-refractivity contribution in [3.05, 3.63) is 53.4 Å². The van der Waals surface area contributed by atoms with Gasteiger partial charge < -0.3 is 0 Å². The van der Waals surface area contributed by atoms with E-state index < -0.39 is 0 Å². The molecule has 0 saturated carbocycles. The Kier molecular flexibility index (Phi) is 2.75. The predicted octanol–water partition coefficient (Wildman–Crippen LogP) is 1.12. The molecule has 0 atom stereocenters.